The number of thiophene rings is 1. The fourth-order valence-electron chi connectivity index (χ4n) is 3.75. The Labute approximate surface area is 173 Å². The number of aromatic nitrogens is 3. The third-order valence-corrected chi connectivity index (χ3v) is 6.04. The van der Waals surface area contributed by atoms with Crippen molar-refractivity contribution in [3.63, 3.8) is 0 Å². The summed E-state index contributed by atoms with van der Waals surface area (Å²) in [7, 11) is 1.67. The lowest BCUT2D eigenvalue weighted by atomic mass is 10.1. The van der Waals surface area contributed by atoms with Gasteiger partial charge in [-0.2, -0.15) is 11.3 Å². The molecule has 1 aliphatic heterocycles. The quantitative estimate of drug-likeness (QED) is 0.501. The summed E-state index contributed by atoms with van der Waals surface area (Å²) in [5.41, 5.74) is 5.44. The van der Waals surface area contributed by atoms with Gasteiger partial charge in [0, 0.05) is 31.4 Å². The number of hydrogen-bond donors (Lipinski definition) is 0. The van der Waals surface area contributed by atoms with Crippen molar-refractivity contribution in [2.75, 3.05) is 26.8 Å². The number of morpholine rings is 1. The molecule has 0 radical (unpaired) electrons. The van der Waals surface area contributed by atoms with Gasteiger partial charge in [0.1, 0.15) is 17.5 Å². The van der Waals surface area contributed by atoms with Gasteiger partial charge in [0.15, 0.2) is 0 Å². The summed E-state index contributed by atoms with van der Waals surface area (Å²) in [5.74, 6) is 0.847. The van der Waals surface area contributed by atoms with Gasteiger partial charge in [0.2, 0.25) is 0 Å². The van der Waals surface area contributed by atoms with Crippen molar-refractivity contribution in [3.05, 3.63) is 70.7 Å². The van der Waals surface area contributed by atoms with Crippen LogP contribution in [-0.2, 0) is 11.3 Å². The van der Waals surface area contributed by atoms with Gasteiger partial charge in [0.05, 0.1) is 19.2 Å². The van der Waals surface area contributed by atoms with Gasteiger partial charge in [-0.3, -0.25) is 4.90 Å². The smallest absolute Gasteiger partial charge is 0.121 e. The molecule has 0 saturated carbocycles. The zero-order valence-electron chi connectivity index (χ0n) is 16.2. The van der Waals surface area contributed by atoms with Crippen LogP contribution in [0.3, 0.4) is 0 Å². The first-order valence-electron chi connectivity index (χ1n) is 9.64. The second-order valence-corrected chi connectivity index (χ2v) is 7.96. The Hall–Kier alpha value is -2.74. The molecule has 7 heteroatoms. The zero-order chi connectivity index (χ0) is 19.6. The van der Waals surface area contributed by atoms with Gasteiger partial charge in [-0.05, 0) is 46.2 Å². The number of ether oxygens (including phenoxy) is 2. The molecule has 0 unspecified atom stereocenters. The van der Waals surface area contributed by atoms with E-state index in [4.69, 9.17) is 9.47 Å². The van der Waals surface area contributed by atoms with Gasteiger partial charge in [-0.1, -0.05) is 23.4 Å². The molecule has 1 fully saturated rings. The maximum Gasteiger partial charge on any atom is 0.121 e. The summed E-state index contributed by atoms with van der Waals surface area (Å²) in [6, 6.07) is 14.4. The molecule has 4 aromatic rings. The first-order valence-corrected chi connectivity index (χ1v) is 10.6. The van der Waals surface area contributed by atoms with Gasteiger partial charge in [-0.15, -0.1) is 5.10 Å². The van der Waals surface area contributed by atoms with Crippen LogP contribution < -0.4 is 4.74 Å². The number of benzene rings is 1. The van der Waals surface area contributed by atoms with Crippen LogP contribution in [0.4, 0.5) is 0 Å². The van der Waals surface area contributed by atoms with E-state index in [9.17, 15) is 0 Å². The van der Waals surface area contributed by atoms with Crippen molar-refractivity contribution in [1.82, 2.24) is 19.7 Å². The highest BCUT2D eigenvalue weighted by molar-refractivity contribution is 7.07. The number of nitrogens with zero attached hydrogens (tertiary/aromatic N) is 4. The van der Waals surface area contributed by atoms with Crippen molar-refractivity contribution >= 4 is 16.9 Å². The molecule has 3 aromatic heterocycles. The van der Waals surface area contributed by atoms with E-state index in [2.05, 4.69) is 44.2 Å². The summed E-state index contributed by atoms with van der Waals surface area (Å²) in [6.07, 6.45) is 1.95. The highest BCUT2D eigenvalue weighted by Crippen LogP contribution is 2.28. The normalized spacial score (nSPS) is 17.6. The Morgan fingerprint density at radius 3 is 2.79 bits per heavy atom. The molecule has 1 atom stereocenters. The second kappa shape index (κ2) is 7.94. The number of fused-ring (bicyclic) bond motifs is 1. The number of pyridine rings is 1. The predicted molar refractivity (Wildman–Crippen MR) is 113 cm³/mol. The maximum absolute atomic E-state index is 6.05. The molecule has 5 rings (SSSR count). The van der Waals surface area contributed by atoms with Gasteiger partial charge >= 0.3 is 0 Å². The molecule has 29 heavy (non-hydrogen) atoms. The summed E-state index contributed by atoms with van der Waals surface area (Å²) in [6.45, 7) is 3.42. The third kappa shape index (κ3) is 3.76. The average molecular weight is 407 g/mol. The van der Waals surface area contributed by atoms with E-state index in [0.29, 0.717) is 6.61 Å². The van der Waals surface area contributed by atoms with Crippen LogP contribution in [0.25, 0.3) is 16.6 Å². The van der Waals surface area contributed by atoms with Crippen LogP contribution in [0.15, 0.2) is 59.4 Å². The van der Waals surface area contributed by atoms with Gasteiger partial charge in [0.25, 0.3) is 0 Å². The SMILES string of the molecule is COc1ccc(-c2ccc3c([C@H]4CN(Cc5ccsc5)CCO4)nnn3c2)cc1. The van der Waals surface area contributed by atoms with Gasteiger partial charge < -0.3 is 9.47 Å². The minimum absolute atomic E-state index is 0.0632. The molecule has 6 nitrogen and oxygen atoms in total. The van der Waals surface area contributed by atoms with Crippen molar-refractivity contribution in [1.29, 1.82) is 0 Å². The standard InChI is InChI=1S/C22H22N4O2S/c1-27-19-5-2-17(3-6-19)18-4-7-20-22(23-24-26(20)13-18)21-14-25(9-10-28-21)12-16-8-11-29-15-16/h2-8,11,13,15,21H,9-10,12,14H2,1H3/t21-/m1/s1. The molecule has 0 bridgehead atoms. The van der Waals surface area contributed by atoms with Crippen LogP contribution in [0.2, 0.25) is 0 Å². The Morgan fingerprint density at radius 1 is 1.14 bits per heavy atom. The van der Waals surface area contributed by atoms with Crippen molar-refractivity contribution in [3.8, 4) is 16.9 Å². The van der Waals surface area contributed by atoms with Crippen LogP contribution in [0.5, 0.6) is 5.75 Å². The van der Waals surface area contributed by atoms with Crippen LogP contribution in [0, 0.1) is 0 Å². The topological polar surface area (TPSA) is 51.9 Å². The Bertz CT molecular complexity index is 1090. The highest BCUT2D eigenvalue weighted by atomic mass is 32.1. The second-order valence-electron chi connectivity index (χ2n) is 7.18. The average Bonchev–Trinajstić information content (AvgIpc) is 3.43. The van der Waals surface area contributed by atoms with E-state index in [1.165, 1.54) is 5.56 Å². The third-order valence-electron chi connectivity index (χ3n) is 5.31. The van der Waals surface area contributed by atoms with E-state index in [0.717, 1.165) is 47.7 Å². The Kier molecular flexibility index (Phi) is 5.01. The van der Waals surface area contributed by atoms with E-state index in [-0.39, 0.29) is 6.10 Å². The number of rotatable bonds is 5. The first kappa shape index (κ1) is 18.3. The minimum atomic E-state index is -0.0632. The van der Waals surface area contributed by atoms with E-state index in [1.54, 1.807) is 18.4 Å². The molecule has 1 aliphatic rings. The fraction of sp³-hybridized carbons (Fsp3) is 0.273. The van der Waals surface area contributed by atoms with Crippen molar-refractivity contribution < 1.29 is 9.47 Å². The molecular formula is C22H22N4O2S. The van der Waals surface area contributed by atoms with E-state index in [1.807, 2.05) is 35.0 Å². The largest absolute Gasteiger partial charge is 0.497 e. The summed E-state index contributed by atoms with van der Waals surface area (Å²) >= 11 is 1.74. The minimum Gasteiger partial charge on any atom is -0.497 e. The van der Waals surface area contributed by atoms with Crippen molar-refractivity contribution in [2.45, 2.75) is 12.6 Å². The molecule has 0 aliphatic carbocycles. The lowest BCUT2D eigenvalue weighted by Gasteiger charge is -2.31. The van der Waals surface area contributed by atoms with Crippen LogP contribution in [-0.4, -0.2) is 46.5 Å². The van der Waals surface area contributed by atoms with E-state index < -0.39 is 0 Å². The monoisotopic (exact) mass is 406 g/mol. The maximum atomic E-state index is 6.05. The lowest BCUT2D eigenvalue weighted by Crippen LogP contribution is -2.37. The van der Waals surface area contributed by atoms with Crippen LogP contribution in [0.1, 0.15) is 17.4 Å². The lowest BCUT2D eigenvalue weighted by molar-refractivity contribution is -0.0342. The summed E-state index contributed by atoms with van der Waals surface area (Å²) < 4.78 is 13.1. The molecule has 0 spiro atoms. The molecule has 0 N–H and O–H groups in total. The van der Waals surface area contributed by atoms with E-state index >= 15 is 0 Å². The number of hydrogen-bond acceptors (Lipinski definition) is 6. The molecule has 1 aromatic carbocycles. The molecular weight excluding hydrogens is 384 g/mol. The summed E-state index contributed by atoms with van der Waals surface area (Å²) in [4.78, 5) is 2.42. The molecule has 1 saturated heterocycles. The Balaban J connectivity index is 1.37. The fourth-order valence-corrected chi connectivity index (χ4v) is 4.41. The predicted octanol–water partition coefficient (Wildman–Crippen LogP) is 4.04. The Morgan fingerprint density at radius 2 is 2.00 bits per heavy atom. The first-order chi connectivity index (χ1) is 14.3. The highest BCUT2D eigenvalue weighted by Gasteiger charge is 2.26. The molecule has 0 amide bonds. The van der Waals surface area contributed by atoms with Crippen molar-refractivity contribution in [2.24, 2.45) is 0 Å². The number of methoxy groups -OCH3 is 1. The summed E-state index contributed by atoms with van der Waals surface area (Å²) in [5, 5.41) is 13.1. The zero-order valence-corrected chi connectivity index (χ0v) is 17.0. The molecule has 4 heterocycles. The van der Waals surface area contributed by atoms with Crippen LogP contribution >= 0.6 is 11.3 Å². The molecule has 148 valence electrons. The van der Waals surface area contributed by atoms with Gasteiger partial charge in [-0.25, -0.2) is 4.52 Å².